The molecule has 1 unspecified atom stereocenters. The normalized spacial score (nSPS) is 20.0. The van der Waals surface area contributed by atoms with Crippen molar-refractivity contribution in [3.05, 3.63) is 64.7 Å². The summed E-state index contributed by atoms with van der Waals surface area (Å²) in [4.78, 5) is 18.4. The van der Waals surface area contributed by atoms with E-state index >= 15 is 0 Å². The quantitative estimate of drug-likeness (QED) is 0.889. The number of anilines is 1. The van der Waals surface area contributed by atoms with Crippen LogP contribution in [0.3, 0.4) is 0 Å². The number of nitrogens with zero attached hydrogens (tertiary/aromatic N) is 2. The van der Waals surface area contributed by atoms with E-state index in [0.29, 0.717) is 6.54 Å². The third kappa shape index (κ3) is 3.87. The standard InChI is InChI=1S/C21H24ClN3O/c22-19-6-3-7-20(14-19)24-10-12-25(13-11-24)21(26)16-23-9-8-17-4-1-2-5-18(17)15-23/h1-7,14H,8-13,15-16H2/p+1. The first kappa shape index (κ1) is 17.4. The molecule has 2 heterocycles. The first-order valence-corrected chi connectivity index (χ1v) is 9.75. The molecule has 1 N–H and O–H groups in total. The molecule has 2 aromatic rings. The lowest BCUT2D eigenvalue weighted by atomic mass is 10.00. The second-order valence-corrected chi connectivity index (χ2v) is 7.66. The molecule has 4 rings (SSSR count). The number of halogens is 1. The largest absolute Gasteiger partial charge is 0.368 e. The van der Waals surface area contributed by atoms with E-state index in [4.69, 9.17) is 11.6 Å². The molecule has 2 aliphatic heterocycles. The Hall–Kier alpha value is -2.04. The zero-order valence-corrected chi connectivity index (χ0v) is 15.7. The maximum atomic E-state index is 12.7. The number of piperazine rings is 1. The van der Waals surface area contributed by atoms with E-state index in [1.165, 1.54) is 16.0 Å². The Labute approximate surface area is 160 Å². The molecule has 2 aliphatic rings. The molecule has 5 heteroatoms. The Morgan fingerprint density at radius 3 is 2.54 bits per heavy atom. The second-order valence-electron chi connectivity index (χ2n) is 7.22. The Bertz CT molecular complexity index is 786. The van der Waals surface area contributed by atoms with Crippen LogP contribution in [-0.2, 0) is 17.8 Å². The molecular weight excluding hydrogens is 346 g/mol. The van der Waals surface area contributed by atoms with Crippen molar-refractivity contribution >= 4 is 23.2 Å². The highest BCUT2D eigenvalue weighted by atomic mass is 35.5. The zero-order valence-electron chi connectivity index (χ0n) is 15.0. The maximum absolute atomic E-state index is 12.7. The molecule has 0 bridgehead atoms. The van der Waals surface area contributed by atoms with Crippen LogP contribution in [0.15, 0.2) is 48.5 Å². The van der Waals surface area contributed by atoms with Gasteiger partial charge in [-0.3, -0.25) is 4.79 Å². The molecule has 1 amide bonds. The van der Waals surface area contributed by atoms with Crippen LogP contribution in [0, 0.1) is 0 Å². The molecule has 1 fully saturated rings. The number of nitrogens with one attached hydrogen (secondary N) is 1. The number of quaternary nitrogens is 1. The van der Waals surface area contributed by atoms with Crippen LogP contribution in [0.1, 0.15) is 11.1 Å². The van der Waals surface area contributed by atoms with Crippen LogP contribution < -0.4 is 9.80 Å². The third-order valence-corrected chi connectivity index (χ3v) is 5.75. The predicted octanol–water partition coefficient (Wildman–Crippen LogP) is 1.63. The summed E-state index contributed by atoms with van der Waals surface area (Å²) in [5.74, 6) is 0.283. The van der Waals surface area contributed by atoms with Crippen molar-refractivity contribution in [3.8, 4) is 0 Å². The highest BCUT2D eigenvalue weighted by Crippen LogP contribution is 2.20. The summed E-state index contributed by atoms with van der Waals surface area (Å²) in [6.07, 6.45) is 1.07. The summed E-state index contributed by atoms with van der Waals surface area (Å²) in [7, 11) is 0. The number of hydrogen-bond donors (Lipinski definition) is 1. The molecule has 4 nitrogen and oxygen atoms in total. The van der Waals surface area contributed by atoms with Crippen molar-refractivity contribution in [2.24, 2.45) is 0 Å². The van der Waals surface area contributed by atoms with Gasteiger partial charge in [0, 0.05) is 48.9 Å². The summed E-state index contributed by atoms with van der Waals surface area (Å²) in [6, 6.07) is 16.6. The number of hydrogen-bond acceptors (Lipinski definition) is 2. The van der Waals surface area contributed by atoms with E-state index in [2.05, 4.69) is 35.2 Å². The predicted molar refractivity (Wildman–Crippen MR) is 105 cm³/mol. The topological polar surface area (TPSA) is 28.0 Å². The second kappa shape index (κ2) is 7.68. The average Bonchev–Trinajstić information content (AvgIpc) is 2.68. The van der Waals surface area contributed by atoms with Crippen molar-refractivity contribution in [1.29, 1.82) is 0 Å². The summed E-state index contributed by atoms with van der Waals surface area (Å²) < 4.78 is 0. The summed E-state index contributed by atoms with van der Waals surface area (Å²) in [6.45, 7) is 5.92. The molecule has 26 heavy (non-hydrogen) atoms. The molecule has 0 spiro atoms. The highest BCUT2D eigenvalue weighted by molar-refractivity contribution is 6.30. The number of rotatable bonds is 3. The lowest BCUT2D eigenvalue weighted by Crippen LogP contribution is -3.12. The van der Waals surface area contributed by atoms with E-state index in [-0.39, 0.29) is 5.91 Å². The van der Waals surface area contributed by atoms with Gasteiger partial charge in [-0.05, 0) is 23.8 Å². The van der Waals surface area contributed by atoms with Crippen molar-refractivity contribution in [2.45, 2.75) is 13.0 Å². The number of fused-ring (bicyclic) bond motifs is 1. The molecule has 0 aromatic heterocycles. The van der Waals surface area contributed by atoms with Gasteiger partial charge in [-0.25, -0.2) is 0 Å². The van der Waals surface area contributed by atoms with Gasteiger partial charge in [-0.15, -0.1) is 0 Å². The Morgan fingerprint density at radius 2 is 1.77 bits per heavy atom. The van der Waals surface area contributed by atoms with Gasteiger partial charge in [0.2, 0.25) is 0 Å². The lowest BCUT2D eigenvalue weighted by Gasteiger charge is -2.36. The first-order valence-electron chi connectivity index (χ1n) is 9.38. The van der Waals surface area contributed by atoms with Crippen LogP contribution in [-0.4, -0.2) is 50.1 Å². The van der Waals surface area contributed by atoms with Gasteiger partial charge in [-0.1, -0.05) is 41.9 Å². The van der Waals surface area contributed by atoms with E-state index in [1.54, 1.807) is 0 Å². The minimum atomic E-state index is 0.283. The van der Waals surface area contributed by atoms with E-state index < -0.39 is 0 Å². The highest BCUT2D eigenvalue weighted by Gasteiger charge is 2.26. The Morgan fingerprint density at radius 1 is 1.00 bits per heavy atom. The summed E-state index contributed by atoms with van der Waals surface area (Å²) in [5.41, 5.74) is 3.98. The third-order valence-electron chi connectivity index (χ3n) is 5.51. The van der Waals surface area contributed by atoms with Gasteiger partial charge >= 0.3 is 0 Å². The van der Waals surface area contributed by atoms with Crippen molar-refractivity contribution in [1.82, 2.24) is 4.90 Å². The van der Waals surface area contributed by atoms with Gasteiger partial charge < -0.3 is 14.7 Å². The summed E-state index contributed by atoms with van der Waals surface area (Å²) in [5, 5.41) is 0.759. The minimum Gasteiger partial charge on any atom is -0.368 e. The van der Waals surface area contributed by atoms with E-state index in [0.717, 1.165) is 56.4 Å². The molecule has 0 aliphatic carbocycles. The van der Waals surface area contributed by atoms with Crippen LogP contribution in [0.5, 0.6) is 0 Å². The molecule has 0 radical (unpaired) electrons. The number of carbonyl (C=O) groups excluding carboxylic acids is 1. The smallest absolute Gasteiger partial charge is 0.277 e. The van der Waals surface area contributed by atoms with Gasteiger partial charge in [0.1, 0.15) is 6.54 Å². The number of amides is 1. The lowest BCUT2D eigenvalue weighted by molar-refractivity contribution is -0.908. The number of benzene rings is 2. The fraction of sp³-hybridized carbons (Fsp3) is 0.381. The van der Waals surface area contributed by atoms with Crippen LogP contribution in [0.25, 0.3) is 0 Å². The van der Waals surface area contributed by atoms with Crippen LogP contribution >= 0.6 is 11.6 Å². The van der Waals surface area contributed by atoms with Crippen molar-refractivity contribution in [3.63, 3.8) is 0 Å². The molecule has 1 atom stereocenters. The van der Waals surface area contributed by atoms with Gasteiger partial charge in [0.15, 0.2) is 6.54 Å². The van der Waals surface area contributed by atoms with E-state index in [9.17, 15) is 4.79 Å². The number of carbonyl (C=O) groups is 1. The molecular formula is C21H25ClN3O+. The van der Waals surface area contributed by atoms with Crippen LogP contribution in [0.2, 0.25) is 5.02 Å². The molecule has 0 saturated carbocycles. The summed E-state index contributed by atoms with van der Waals surface area (Å²) >= 11 is 6.09. The molecule has 2 aromatic carbocycles. The maximum Gasteiger partial charge on any atom is 0.277 e. The first-order chi connectivity index (χ1) is 12.7. The Kier molecular flexibility index (Phi) is 5.14. The SMILES string of the molecule is O=C(C[NH+]1CCc2ccccc2C1)N1CCN(c2cccc(Cl)c2)CC1. The van der Waals surface area contributed by atoms with Gasteiger partial charge in [-0.2, -0.15) is 0 Å². The van der Waals surface area contributed by atoms with E-state index in [1.807, 2.05) is 23.1 Å². The van der Waals surface area contributed by atoms with Crippen LogP contribution in [0.4, 0.5) is 5.69 Å². The zero-order chi connectivity index (χ0) is 17.9. The van der Waals surface area contributed by atoms with Gasteiger partial charge in [0.05, 0.1) is 6.54 Å². The van der Waals surface area contributed by atoms with Gasteiger partial charge in [0.25, 0.3) is 5.91 Å². The monoisotopic (exact) mass is 370 g/mol. The fourth-order valence-corrected chi connectivity index (χ4v) is 4.19. The average molecular weight is 371 g/mol. The van der Waals surface area contributed by atoms with Crippen molar-refractivity contribution in [2.75, 3.05) is 44.2 Å². The van der Waals surface area contributed by atoms with Crippen molar-refractivity contribution < 1.29 is 9.69 Å². The minimum absolute atomic E-state index is 0.283. The molecule has 136 valence electrons. The fourth-order valence-electron chi connectivity index (χ4n) is 4.01. The Balaban J connectivity index is 1.30. The molecule has 1 saturated heterocycles.